The van der Waals surface area contributed by atoms with Gasteiger partial charge in [0, 0.05) is 5.92 Å². The van der Waals surface area contributed by atoms with Gasteiger partial charge < -0.3 is 14.2 Å². The molecule has 0 aliphatic heterocycles. The largest absolute Gasteiger partial charge is 0.496 e. The van der Waals surface area contributed by atoms with Gasteiger partial charge in [-0.2, -0.15) is 0 Å². The molecule has 1 aliphatic rings. The van der Waals surface area contributed by atoms with Crippen molar-refractivity contribution in [1.82, 2.24) is 0 Å². The third-order valence-corrected chi connectivity index (χ3v) is 2.92. The molecule has 0 atom stereocenters. The van der Waals surface area contributed by atoms with Gasteiger partial charge in [0.25, 0.3) is 0 Å². The minimum absolute atomic E-state index is 0.0811. The number of methoxy groups -OCH3 is 3. The number of hydrogen-bond donors (Lipinski definition) is 0. The van der Waals surface area contributed by atoms with Crippen LogP contribution in [0.15, 0.2) is 12.1 Å². The fraction of sp³-hybridized carbons (Fsp3) is 0.462. The summed E-state index contributed by atoms with van der Waals surface area (Å²) >= 11 is 0. The highest BCUT2D eigenvalue weighted by atomic mass is 16.5. The van der Waals surface area contributed by atoms with Crippen LogP contribution in [0.1, 0.15) is 23.2 Å². The lowest BCUT2D eigenvalue weighted by atomic mass is 10.0. The summed E-state index contributed by atoms with van der Waals surface area (Å²) in [5.74, 6) is 1.75. The third-order valence-electron chi connectivity index (χ3n) is 2.92. The molecule has 2 rings (SSSR count). The third kappa shape index (κ3) is 2.07. The van der Waals surface area contributed by atoms with Crippen LogP contribution in [-0.4, -0.2) is 27.1 Å². The summed E-state index contributed by atoms with van der Waals surface area (Å²) in [6, 6.07) is 3.47. The summed E-state index contributed by atoms with van der Waals surface area (Å²) in [6.07, 6.45) is 1.89. The molecule has 1 fully saturated rings. The quantitative estimate of drug-likeness (QED) is 0.736. The Kier molecular flexibility index (Phi) is 3.22. The number of hydrogen-bond acceptors (Lipinski definition) is 4. The second kappa shape index (κ2) is 4.65. The molecule has 1 aromatic rings. The summed E-state index contributed by atoms with van der Waals surface area (Å²) in [6.45, 7) is 0. The van der Waals surface area contributed by atoms with Crippen molar-refractivity contribution < 1.29 is 19.0 Å². The van der Waals surface area contributed by atoms with Crippen LogP contribution in [0, 0.1) is 5.92 Å². The SMILES string of the molecule is COc1ccc(OC)c(C(=O)C2CC2)c1OC. The summed E-state index contributed by atoms with van der Waals surface area (Å²) in [5.41, 5.74) is 0.497. The molecule has 0 saturated heterocycles. The van der Waals surface area contributed by atoms with Gasteiger partial charge in [0.1, 0.15) is 11.3 Å². The standard InChI is InChI=1S/C13H16O4/c1-15-9-6-7-10(16-2)13(17-3)11(9)12(14)8-4-5-8/h6-8H,4-5H2,1-3H3. The van der Waals surface area contributed by atoms with Gasteiger partial charge in [-0.25, -0.2) is 0 Å². The minimum Gasteiger partial charge on any atom is -0.496 e. The molecule has 0 amide bonds. The Morgan fingerprint density at radius 2 is 1.65 bits per heavy atom. The summed E-state index contributed by atoms with van der Waals surface area (Å²) < 4.78 is 15.7. The smallest absolute Gasteiger partial charge is 0.175 e. The Balaban J connectivity index is 2.53. The van der Waals surface area contributed by atoms with Crippen molar-refractivity contribution in [2.24, 2.45) is 5.92 Å². The maximum absolute atomic E-state index is 12.2. The van der Waals surface area contributed by atoms with E-state index in [-0.39, 0.29) is 11.7 Å². The Bertz CT molecular complexity index is 435. The average molecular weight is 236 g/mol. The van der Waals surface area contributed by atoms with Crippen LogP contribution >= 0.6 is 0 Å². The predicted molar refractivity (Wildman–Crippen MR) is 63.2 cm³/mol. The van der Waals surface area contributed by atoms with E-state index in [1.54, 1.807) is 26.4 Å². The number of ether oxygens (including phenoxy) is 3. The monoisotopic (exact) mass is 236 g/mol. The van der Waals surface area contributed by atoms with E-state index in [0.29, 0.717) is 22.8 Å². The molecule has 1 saturated carbocycles. The van der Waals surface area contributed by atoms with E-state index in [1.165, 1.54) is 7.11 Å². The molecule has 0 heterocycles. The number of ketones is 1. The lowest BCUT2D eigenvalue weighted by molar-refractivity contribution is 0.0960. The van der Waals surface area contributed by atoms with E-state index in [2.05, 4.69) is 0 Å². The molecule has 4 nitrogen and oxygen atoms in total. The van der Waals surface area contributed by atoms with Crippen LogP contribution < -0.4 is 14.2 Å². The molecule has 0 spiro atoms. The molecule has 1 aromatic carbocycles. The van der Waals surface area contributed by atoms with E-state index >= 15 is 0 Å². The second-order valence-electron chi connectivity index (χ2n) is 4.02. The molecule has 4 heteroatoms. The Morgan fingerprint density at radius 1 is 1.06 bits per heavy atom. The summed E-state index contributed by atoms with van der Waals surface area (Å²) in [4.78, 5) is 12.2. The van der Waals surface area contributed by atoms with Crippen LogP contribution in [0.25, 0.3) is 0 Å². The second-order valence-corrected chi connectivity index (χ2v) is 4.02. The van der Waals surface area contributed by atoms with Crippen molar-refractivity contribution in [3.8, 4) is 17.2 Å². The Hall–Kier alpha value is -1.71. The van der Waals surface area contributed by atoms with E-state index in [4.69, 9.17) is 14.2 Å². The van der Waals surface area contributed by atoms with Gasteiger partial charge in [0.15, 0.2) is 17.3 Å². The maximum atomic E-state index is 12.2. The molecular weight excluding hydrogens is 220 g/mol. The summed E-state index contributed by atoms with van der Waals surface area (Å²) in [5, 5.41) is 0. The zero-order valence-corrected chi connectivity index (χ0v) is 10.3. The van der Waals surface area contributed by atoms with Crippen LogP contribution in [0.2, 0.25) is 0 Å². The lowest BCUT2D eigenvalue weighted by Crippen LogP contribution is -2.08. The van der Waals surface area contributed by atoms with Gasteiger partial charge in [0.2, 0.25) is 0 Å². The molecule has 92 valence electrons. The molecule has 0 bridgehead atoms. The van der Waals surface area contributed by atoms with Crippen molar-refractivity contribution >= 4 is 5.78 Å². The van der Waals surface area contributed by atoms with Gasteiger partial charge in [-0.1, -0.05) is 0 Å². The zero-order chi connectivity index (χ0) is 12.4. The molecular formula is C13H16O4. The van der Waals surface area contributed by atoms with E-state index < -0.39 is 0 Å². The number of benzene rings is 1. The van der Waals surface area contributed by atoms with Crippen molar-refractivity contribution in [2.45, 2.75) is 12.8 Å². The van der Waals surface area contributed by atoms with Gasteiger partial charge in [-0.3, -0.25) is 4.79 Å². The van der Waals surface area contributed by atoms with Crippen LogP contribution in [-0.2, 0) is 0 Å². The van der Waals surface area contributed by atoms with Crippen LogP contribution in [0.4, 0.5) is 0 Å². The van der Waals surface area contributed by atoms with Gasteiger partial charge in [-0.15, -0.1) is 0 Å². The fourth-order valence-corrected chi connectivity index (χ4v) is 1.86. The molecule has 1 aliphatic carbocycles. The van der Waals surface area contributed by atoms with Gasteiger partial charge >= 0.3 is 0 Å². The summed E-state index contributed by atoms with van der Waals surface area (Å²) in [7, 11) is 4.63. The van der Waals surface area contributed by atoms with Crippen molar-refractivity contribution in [2.75, 3.05) is 21.3 Å². The van der Waals surface area contributed by atoms with Crippen molar-refractivity contribution in [3.05, 3.63) is 17.7 Å². The average Bonchev–Trinajstić information content (AvgIpc) is 3.20. The zero-order valence-electron chi connectivity index (χ0n) is 10.3. The van der Waals surface area contributed by atoms with Gasteiger partial charge in [-0.05, 0) is 25.0 Å². The first-order valence-corrected chi connectivity index (χ1v) is 5.56. The van der Waals surface area contributed by atoms with Crippen LogP contribution in [0.5, 0.6) is 17.2 Å². The highest BCUT2D eigenvalue weighted by Gasteiger charge is 2.35. The van der Waals surface area contributed by atoms with Crippen molar-refractivity contribution in [3.63, 3.8) is 0 Å². The first-order chi connectivity index (χ1) is 8.22. The lowest BCUT2D eigenvalue weighted by Gasteiger charge is -2.15. The van der Waals surface area contributed by atoms with Crippen molar-refractivity contribution in [1.29, 1.82) is 0 Å². The normalized spacial score (nSPS) is 14.3. The number of carbonyl (C=O) groups is 1. The fourth-order valence-electron chi connectivity index (χ4n) is 1.86. The molecule has 0 unspecified atom stereocenters. The highest BCUT2D eigenvalue weighted by molar-refractivity contribution is 6.04. The number of rotatable bonds is 5. The first kappa shape index (κ1) is 11.8. The topological polar surface area (TPSA) is 44.8 Å². The highest BCUT2D eigenvalue weighted by Crippen LogP contribution is 2.42. The molecule has 0 N–H and O–H groups in total. The number of carbonyl (C=O) groups excluding carboxylic acids is 1. The molecule has 0 aromatic heterocycles. The first-order valence-electron chi connectivity index (χ1n) is 5.56. The molecule has 17 heavy (non-hydrogen) atoms. The minimum atomic E-state index is 0.0811. The predicted octanol–water partition coefficient (Wildman–Crippen LogP) is 2.31. The van der Waals surface area contributed by atoms with Gasteiger partial charge in [0.05, 0.1) is 21.3 Å². The molecule has 0 radical (unpaired) electrons. The Labute approximate surface area is 100 Å². The van der Waals surface area contributed by atoms with E-state index in [0.717, 1.165) is 12.8 Å². The van der Waals surface area contributed by atoms with Crippen LogP contribution in [0.3, 0.4) is 0 Å². The maximum Gasteiger partial charge on any atom is 0.175 e. The van der Waals surface area contributed by atoms with E-state index in [9.17, 15) is 4.79 Å². The Morgan fingerprint density at radius 3 is 2.12 bits per heavy atom. The van der Waals surface area contributed by atoms with E-state index in [1.807, 2.05) is 0 Å². The number of Topliss-reactive ketones (excluding diaryl/α,β-unsaturated/α-hetero) is 1.